The van der Waals surface area contributed by atoms with Crippen molar-refractivity contribution in [3.05, 3.63) is 0 Å². The summed E-state index contributed by atoms with van der Waals surface area (Å²) < 4.78 is 28.8. The van der Waals surface area contributed by atoms with Crippen molar-refractivity contribution >= 4 is 27.4 Å². The first-order valence-corrected chi connectivity index (χ1v) is 10.2. The smallest absolute Gasteiger partial charge is 0.267 e. The minimum absolute atomic E-state index is 0.0100. The lowest BCUT2D eigenvalue weighted by Gasteiger charge is -2.28. The van der Waals surface area contributed by atoms with E-state index in [1.54, 1.807) is 0 Å². The Morgan fingerprint density at radius 1 is 1.38 bits per heavy atom. The van der Waals surface area contributed by atoms with Gasteiger partial charge in [-0.3, -0.25) is 9.59 Å². The standard InChI is InChI=1S/C15H23N3O5S/c1-10(13-3-2-7-23-13)16-15(20)12-4-5-14(19)18(17-12)11-6-8-24(21,22)9-11/h10-11,13H,2-9H2,1H3,(H,16,20). The molecule has 0 aromatic rings. The van der Waals surface area contributed by atoms with Crippen LogP contribution in [0.25, 0.3) is 0 Å². The summed E-state index contributed by atoms with van der Waals surface area (Å²) in [6.45, 7) is 2.61. The molecule has 0 aromatic heterocycles. The molecule has 24 heavy (non-hydrogen) atoms. The van der Waals surface area contributed by atoms with Gasteiger partial charge in [-0.2, -0.15) is 5.10 Å². The summed E-state index contributed by atoms with van der Waals surface area (Å²) in [5, 5.41) is 8.26. The maximum atomic E-state index is 12.4. The van der Waals surface area contributed by atoms with Crippen LogP contribution >= 0.6 is 0 Å². The highest BCUT2D eigenvalue weighted by Crippen LogP contribution is 2.22. The molecule has 1 N–H and O–H groups in total. The molecule has 3 unspecified atom stereocenters. The van der Waals surface area contributed by atoms with Crippen LogP contribution in [0.1, 0.15) is 39.0 Å². The normalized spacial score (nSPS) is 31.0. The highest BCUT2D eigenvalue weighted by atomic mass is 32.2. The molecule has 0 bridgehead atoms. The molecule has 2 fully saturated rings. The molecule has 3 heterocycles. The van der Waals surface area contributed by atoms with Gasteiger partial charge in [-0.25, -0.2) is 13.4 Å². The number of carbonyl (C=O) groups excluding carboxylic acids is 2. The summed E-state index contributed by atoms with van der Waals surface area (Å²) in [6, 6.07) is -0.582. The molecule has 3 aliphatic heterocycles. The van der Waals surface area contributed by atoms with Gasteiger partial charge >= 0.3 is 0 Å². The lowest BCUT2D eigenvalue weighted by Crippen LogP contribution is -2.47. The molecule has 0 aliphatic carbocycles. The van der Waals surface area contributed by atoms with E-state index >= 15 is 0 Å². The van der Waals surface area contributed by atoms with Crippen molar-refractivity contribution in [1.29, 1.82) is 0 Å². The Balaban J connectivity index is 1.67. The van der Waals surface area contributed by atoms with E-state index in [9.17, 15) is 18.0 Å². The molecule has 0 spiro atoms. The molecule has 9 heteroatoms. The van der Waals surface area contributed by atoms with E-state index in [4.69, 9.17) is 4.74 Å². The molecule has 3 aliphatic rings. The average Bonchev–Trinajstić information content (AvgIpc) is 3.17. The van der Waals surface area contributed by atoms with Crippen LogP contribution in [0.4, 0.5) is 0 Å². The van der Waals surface area contributed by atoms with Crippen LogP contribution < -0.4 is 5.32 Å². The summed E-state index contributed by atoms with van der Waals surface area (Å²) in [5.74, 6) is -0.546. The van der Waals surface area contributed by atoms with Crippen molar-refractivity contribution in [1.82, 2.24) is 10.3 Å². The first-order chi connectivity index (χ1) is 11.4. The highest BCUT2D eigenvalue weighted by molar-refractivity contribution is 7.91. The number of amides is 2. The minimum atomic E-state index is -3.12. The molecule has 0 aromatic carbocycles. The van der Waals surface area contributed by atoms with Gasteiger partial charge in [0.1, 0.15) is 5.71 Å². The topological polar surface area (TPSA) is 105 Å². The van der Waals surface area contributed by atoms with Crippen molar-refractivity contribution in [2.75, 3.05) is 18.1 Å². The quantitative estimate of drug-likeness (QED) is 0.752. The minimum Gasteiger partial charge on any atom is -0.376 e. The number of sulfone groups is 1. The predicted octanol–water partition coefficient (Wildman–Crippen LogP) is -0.164. The Bertz CT molecular complexity index is 654. The van der Waals surface area contributed by atoms with Gasteiger partial charge in [-0.1, -0.05) is 0 Å². The third-order valence-electron chi connectivity index (χ3n) is 4.76. The van der Waals surface area contributed by atoms with E-state index in [2.05, 4.69) is 10.4 Å². The Kier molecular flexibility index (Phi) is 4.91. The van der Waals surface area contributed by atoms with Gasteiger partial charge < -0.3 is 10.1 Å². The van der Waals surface area contributed by atoms with Crippen molar-refractivity contribution in [2.24, 2.45) is 5.10 Å². The van der Waals surface area contributed by atoms with E-state index in [0.29, 0.717) is 13.0 Å². The van der Waals surface area contributed by atoms with Crippen molar-refractivity contribution < 1.29 is 22.7 Å². The first-order valence-electron chi connectivity index (χ1n) is 8.38. The van der Waals surface area contributed by atoms with E-state index in [1.165, 1.54) is 5.01 Å². The van der Waals surface area contributed by atoms with Crippen LogP contribution in [-0.2, 0) is 24.2 Å². The fourth-order valence-corrected chi connectivity index (χ4v) is 5.06. The van der Waals surface area contributed by atoms with Crippen molar-refractivity contribution in [3.8, 4) is 0 Å². The summed E-state index contributed by atoms with van der Waals surface area (Å²) in [7, 11) is -3.12. The van der Waals surface area contributed by atoms with Crippen molar-refractivity contribution in [3.63, 3.8) is 0 Å². The third-order valence-corrected chi connectivity index (χ3v) is 6.51. The van der Waals surface area contributed by atoms with Gasteiger partial charge in [0, 0.05) is 19.4 Å². The lowest BCUT2D eigenvalue weighted by molar-refractivity contribution is -0.133. The fraction of sp³-hybridized carbons (Fsp3) is 0.800. The molecular formula is C15H23N3O5S. The molecule has 8 nitrogen and oxygen atoms in total. The van der Waals surface area contributed by atoms with Gasteiger partial charge in [0.2, 0.25) is 5.91 Å². The number of nitrogens with one attached hydrogen (secondary N) is 1. The zero-order chi connectivity index (χ0) is 17.3. The number of nitrogens with zero attached hydrogens (tertiary/aromatic N) is 2. The summed E-state index contributed by atoms with van der Waals surface area (Å²) in [5.41, 5.74) is 0.281. The number of hydrazone groups is 1. The molecule has 2 amide bonds. The number of rotatable bonds is 4. The number of ether oxygens (including phenoxy) is 1. The van der Waals surface area contributed by atoms with Gasteiger partial charge in [-0.05, 0) is 26.2 Å². The molecular weight excluding hydrogens is 334 g/mol. The highest BCUT2D eigenvalue weighted by Gasteiger charge is 2.37. The van der Waals surface area contributed by atoms with Crippen LogP contribution in [0.2, 0.25) is 0 Å². The van der Waals surface area contributed by atoms with E-state index in [1.807, 2.05) is 6.92 Å². The monoisotopic (exact) mass is 357 g/mol. The molecule has 0 saturated carbocycles. The van der Waals surface area contributed by atoms with E-state index in [-0.39, 0.29) is 54.0 Å². The van der Waals surface area contributed by atoms with Crippen LogP contribution in [0.5, 0.6) is 0 Å². The SMILES string of the molecule is CC(NC(=O)C1=NN(C2CCS(=O)(=O)C2)C(=O)CC1)C1CCCO1. The van der Waals surface area contributed by atoms with Crippen LogP contribution in [0.15, 0.2) is 5.10 Å². The van der Waals surface area contributed by atoms with Gasteiger partial charge in [0.25, 0.3) is 5.91 Å². The van der Waals surface area contributed by atoms with Crippen LogP contribution in [0, 0.1) is 0 Å². The zero-order valence-electron chi connectivity index (χ0n) is 13.7. The molecule has 2 saturated heterocycles. The Hall–Kier alpha value is -1.48. The molecule has 0 radical (unpaired) electrons. The Morgan fingerprint density at radius 3 is 2.79 bits per heavy atom. The Labute approximate surface area is 141 Å². The van der Waals surface area contributed by atoms with Crippen LogP contribution in [-0.4, -0.2) is 67.3 Å². The summed E-state index contributed by atoms with van der Waals surface area (Å²) >= 11 is 0. The van der Waals surface area contributed by atoms with Crippen molar-refractivity contribution in [2.45, 2.75) is 57.2 Å². The zero-order valence-corrected chi connectivity index (χ0v) is 14.5. The second kappa shape index (κ2) is 6.79. The number of hydrogen-bond donors (Lipinski definition) is 1. The molecule has 134 valence electrons. The largest absolute Gasteiger partial charge is 0.376 e. The maximum Gasteiger partial charge on any atom is 0.267 e. The summed E-state index contributed by atoms with van der Waals surface area (Å²) in [6.07, 6.45) is 2.74. The lowest BCUT2D eigenvalue weighted by atomic mass is 10.1. The fourth-order valence-electron chi connectivity index (χ4n) is 3.37. The van der Waals surface area contributed by atoms with E-state index in [0.717, 1.165) is 12.8 Å². The summed E-state index contributed by atoms with van der Waals surface area (Å²) in [4.78, 5) is 24.5. The number of hydrogen-bond acceptors (Lipinski definition) is 6. The average molecular weight is 357 g/mol. The maximum absolute atomic E-state index is 12.4. The van der Waals surface area contributed by atoms with Gasteiger partial charge in [-0.15, -0.1) is 0 Å². The number of carbonyl (C=O) groups is 2. The van der Waals surface area contributed by atoms with Gasteiger partial charge in [0.15, 0.2) is 9.84 Å². The van der Waals surface area contributed by atoms with E-state index < -0.39 is 15.9 Å². The molecule has 3 atom stereocenters. The van der Waals surface area contributed by atoms with Gasteiger partial charge in [0.05, 0.1) is 29.7 Å². The Morgan fingerprint density at radius 2 is 2.17 bits per heavy atom. The predicted molar refractivity (Wildman–Crippen MR) is 87.2 cm³/mol. The van der Waals surface area contributed by atoms with Crippen LogP contribution in [0.3, 0.4) is 0 Å². The first kappa shape index (κ1) is 17.3. The second-order valence-corrected chi connectivity index (χ2v) is 8.88. The molecule has 3 rings (SSSR count). The third kappa shape index (κ3) is 3.77. The second-order valence-electron chi connectivity index (χ2n) is 6.66.